The molecule has 0 aliphatic heterocycles. The summed E-state index contributed by atoms with van der Waals surface area (Å²) >= 11 is 7.55. The van der Waals surface area contributed by atoms with Gasteiger partial charge < -0.3 is 4.74 Å². The number of ether oxygens (including phenoxy) is 1. The Morgan fingerprint density at radius 3 is 2.90 bits per heavy atom. The zero-order valence-electron chi connectivity index (χ0n) is 10.5. The molecule has 0 radical (unpaired) electrons. The van der Waals surface area contributed by atoms with E-state index in [9.17, 15) is 4.79 Å². The van der Waals surface area contributed by atoms with Crippen molar-refractivity contribution in [3.05, 3.63) is 64.0 Å². The first kappa shape index (κ1) is 13.2. The van der Waals surface area contributed by atoms with Gasteiger partial charge in [-0.3, -0.25) is 4.79 Å². The minimum Gasteiger partial charge on any atom is -0.488 e. The van der Waals surface area contributed by atoms with Crippen LogP contribution in [0.4, 0.5) is 0 Å². The van der Waals surface area contributed by atoms with Crippen molar-refractivity contribution >= 4 is 39.3 Å². The average Bonchev–Trinajstić information content (AvgIpc) is 2.89. The molecule has 1 aromatic heterocycles. The molecule has 0 N–H and O–H groups in total. The fourth-order valence-electron chi connectivity index (χ4n) is 2.04. The number of thiophene rings is 1. The normalized spacial score (nSPS) is 10.7. The fourth-order valence-corrected chi connectivity index (χ4v) is 3.17. The van der Waals surface area contributed by atoms with Gasteiger partial charge in [0.15, 0.2) is 6.29 Å². The van der Waals surface area contributed by atoms with Gasteiger partial charge in [0.25, 0.3) is 0 Å². The third-order valence-electron chi connectivity index (χ3n) is 3.04. The SMILES string of the molecule is O=Cc1cc(Cl)ccc1OCc1csc2ccccc12. The zero-order chi connectivity index (χ0) is 13.9. The highest BCUT2D eigenvalue weighted by molar-refractivity contribution is 7.17. The molecule has 2 nitrogen and oxygen atoms in total. The molecule has 0 bridgehead atoms. The number of carbonyl (C=O) groups excluding carboxylic acids is 1. The van der Waals surface area contributed by atoms with E-state index in [1.807, 2.05) is 12.1 Å². The summed E-state index contributed by atoms with van der Waals surface area (Å²) < 4.78 is 6.99. The fraction of sp³-hybridized carbons (Fsp3) is 0.0625. The highest BCUT2D eigenvalue weighted by Crippen LogP contribution is 2.28. The van der Waals surface area contributed by atoms with Gasteiger partial charge in [-0.1, -0.05) is 29.8 Å². The number of rotatable bonds is 4. The van der Waals surface area contributed by atoms with Crippen LogP contribution >= 0.6 is 22.9 Å². The first-order chi connectivity index (χ1) is 9.78. The molecule has 3 rings (SSSR count). The lowest BCUT2D eigenvalue weighted by molar-refractivity contribution is 0.111. The van der Waals surface area contributed by atoms with Crippen LogP contribution < -0.4 is 4.74 Å². The smallest absolute Gasteiger partial charge is 0.153 e. The second-order valence-corrected chi connectivity index (χ2v) is 5.69. The van der Waals surface area contributed by atoms with Gasteiger partial charge in [0.1, 0.15) is 12.4 Å². The molecule has 0 aliphatic rings. The molecule has 4 heteroatoms. The molecule has 0 fully saturated rings. The van der Waals surface area contributed by atoms with Crippen molar-refractivity contribution in [3.63, 3.8) is 0 Å². The minimum absolute atomic E-state index is 0.437. The van der Waals surface area contributed by atoms with Crippen molar-refractivity contribution in [2.75, 3.05) is 0 Å². The molecule has 0 saturated heterocycles. The molecule has 0 unspecified atom stereocenters. The van der Waals surface area contributed by atoms with Crippen molar-refractivity contribution in [1.29, 1.82) is 0 Å². The lowest BCUT2D eigenvalue weighted by Crippen LogP contribution is -1.97. The van der Waals surface area contributed by atoms with Crippen molar-refractivity contribution in [3.8, 4) is 5.75 Å². The van der Waals surface area contributed by atoms with E-state index in [4.69, 9.17) is 16.3 Å². The predicted octanol–water partition coefficient (Wildman–Crippen LogP) is 4.95. The summed E-state index contributed by atoms with van der Waals surface area (Å²) in [5.41, 5.74) is 1.59. The monoisotopic (exact) mass is 302 g/mol. The zero-order valence-corrected chi connectivity index (χ0v) is 12.1. The Bertz CT molecular complexity index is 764. The number of hydrogen-bond donors (Lipinski definition) is 0. The van der Waals surface area contributed by atoms with Gasteiger partial charge in [-0.2, -0.15) is 0 Å². The second-order valence-electron chi connectivity index (χ2n) is 4.35. The molecule has 0 atom stereocenters. The van der Waals surface area contributed by atoms with E-state index in [1.54, 1.807) is 29.5 Å². The Labute approximate surface area is 125 Å². The maximum atomic E-state index is 11.0. The van der Waals surface area contributed by atoms with Gasteiger partial charge in [0.05, 0.1) is 5.56 Å². The van der Waals surface area contributed by atoms with Crippen molar-refractivity contribution in [2.24, 2.45) is 0 Å². The molecular formula is C16H11ClO2S. The van der Waals surface area contributed by atoms with Crippen molar-refractivity contribution in [2.45, 2.75) is 6.61 Å². The summed E-state index contributed by atoms with van der Waals surface area (Å²) in [5.74, 6) is 0.555. The highest BCUT2D eigenvalue weighted by Gasteiger charge is 2.07. The van der Waals surface area contributed by atoms with Crippen molar-refractivity contribution in [1.82, 2.24) is 0 Å². The highest BCUT2D eigenvalue weighted by atomic mass is 35.5. The van der Waals surface area contributed by atoms with Crippen molar-refractivity contribution < 1.29 is 9.53 Å². The van der Waals surface area contributed by atoms with Crippen LogP contribution in [-0.4, -0.2) is 6.29 Å². The van der Waals surface area contributed by atoms with Crippen LogP contribution in [0, 0.1) is 0 Å². The Morgan fingerprint density at radius 2 is 2.05 bits per heavy atom. The molecule has 0 amide bonds. The van der Waals surface area contributed by atoms with Crippen LogP contribution in [0.1, 0.15) is 15.9 Å². The largest absolute Gasteiger partial charge is 0.488 e. The molecule has 100 valence electrons. The predicted molar refractivity (Wildman–Crippen MR) is 83.0 cm³/mol. The van der Waals surface area contributed by atoms with Gasteiger partial charge >= 0.3 is 0 Å². The van der Waals surface area contributed by atoms with E-state index >= 15 is 0 Å². The molecule has 20 heavy (non-hydrogen) atoms. The minimum atomic E-state index is 0.437. The molecule has 2 aromatic carbocycles. The Morgan fingerprint density at radius 1 is 1.20 bits per heavy atom. The number of halogens is 1. The number of carbonyl (C=O) groups is 1. The number of benzene rings is 2. The lowest BCUT2D eigenvalue weighted by Gasteiger charge is -2.08. The summed E-state index contributed by atoms with van der Waals surface area (Å²) in [6.07, 6.45) is 0.757. The molecule has 0 aliphatic carbocycles. The molecule has 0 saturated carbocycles. The lowest BCUT2D eigenvalue weighted by atomic mass is 10.2. The van der Waals surface area contributed by atoms with Crippen LogP contribution in [0.15, 0.2) is 47.8 Å². The average molecular weight is 303 g/mol. The van der Waals surface area contributed by atoms with Crippen LogP contribution in [0.25, 0.3) is 10.1 Å². The molecule has 3 aromatic rings. The number of aldehydes is 1. The third-order valence-corrected chi connectivity index (χ3v) is 4.29. The molecular weight excluding hydrogens is 292 g/mol. The summed E-state index contributed by atoms with van der Waals surface area (Å²) in [7, 11) is 0. The van der Waals surface area contributed by atoms with Crippen LogP contribution in [-0.2, 0) is 6.61 Å². The van der Waals surface area contributed by atoms with E-state index in [-0.39, 0.29) is 0 Å². The summed E-state index contributed by atoms with van der Waals surface area (Å²) in [4.78, 5) is 11.0. The van der Waals surface area contributed by atoms with Crippen LogP contribution in [0.5, 0.6) is 5.75 Å². The van der Waals surface area contributed by atoms with E-state index in [1.165, 1.54) is 10.1 Å². The second kappa shape index (κ2) is 5.65. The van der Waals surface area contributed by atoms with Gasteiger partial charge in [-0.15, -0.1) is 11.3 Å². The molecule has 0 spiro atoms. The van der Waals surface area contributed by atoms with Gasteiger partial charge in [0, 0.05) is 15.3 Å². The first-order valence-corrected chi connectivity index (χ1v) is 7.36. The third kappa shape index (κ3) is 2.55. The maximum absolute atomic E-state index is 11.0. The van der Waals surface area contributed by atoms with E-state index in [2.05, 4.69) is 17.5 Å². The maximum Gasteiger partial charge on any atom is 0.153 e. The standard InChI is InChI=1S/C16H11ClO2S/c17-13-5-6-15(11(7-13)8-18)19-9-12-10-20-16-4-2-1-3-14(12)16/h1-8,10H,9H2. The quantitative estimate of drug-likeness (QED) is 0.638. The van der Waals surface area contributed by atoms with E-state index < -0.39 is 0 Å². The first-order valence-electron chi connectivity index (χ1n) is 6.10. The molecule has 1 heterocycles. The van der Waals surface area contributed by atoms with E-state index in [0.717, 1.165) is 11.8 Å². The van der Waals surface area contributed by atoms with Crippen LogP contribution in [0.2, 0.25) is 5.02 Å². The van der Waals surface area contributed by atoms with E-state index in [0.29, 0.717) is 22.9 Å². The summed E-state index contributed by atoms with van der Waals surface area (Å²) in [6, 6.07) is 13.2. The summed E-state index contributed by atoms with van der Waals surface area (Å²) in [6.45, 7) is 0.437. The summed E-state index contributed by atoms with van der Waals surface area (Å²) in [5, 5.41) is 3.81. The Hall–Kier alpha value is -1.84. The van der Waals surface area contributed by atoms with Gasteiger partial charge in [-0.25, -0.2) is 0 Å². The Balaban J connectivity index is 1.85. The number of hydrogen-bond acceptors (Lipinski definition) is 3. The topological polar surface area (TPSA) is 26.3 Å². The van der Waals surface area contributed by atoms with Gasteiger partial charge in [0.2, 0.25) is 0 Å². The Kier molecular flexibility index (Phi) is 3.72. The van der Waals surface area contributed by atoms with Crippen LogP contribution in [0.3, 0.4) is 0 Å². The number of fused-ring (bicyclic) bond motifs is 1. The van der Waals surface area contributed by atoms with Gasteiger partial charge in [-0.05, 0) is 35.0 Å².